The number of hydrogen-bond acceptors (Lipinski definition) is 4. The average Bonchev–Trinajstić information content (AvgIpc) is 2.87. The first-order chi connectivity index (χ1) is 17.2. The molecule has 0 aliphatic carbocycles. The van der Waals surface area contributed by atoms with Crippen LogP contribution in [0.15, 0.2) is 35.4 Å². The Hall–Kier alpha value is -1.65. The number of unbranched alkanes of at least 4 members (excludes halogenated alkanes) is 13. The number of thioether (sulfide) groups is 1. The van der Waals surface area contributed by atoms with Crippen molar-refractivity contribution >= 4 is 17.7 Å². The lowest BCUT2D eigenvalue weighted by molar-refractivity contribution is 0.0298. The number of azide groups is 1. The lowest BCUT2D eigenvalue weighted by Gasteiger charge is -2.20. The molecule has 5 nitrogen and oxygen atoms in total. The molecular weight excluding hydrogens is 454 g/mol. The molecule has 0 saturated heterocycles. The lowest BCUT2D eigenvalue weighted by Crippen LogP contribution is -2.21. The summed E-state index contributed by atoms with van der Waals surface area (Å²) in [6.07, 6.45) is 19.8. The van der Waals surface area contributed by atoms with Crippen LogP contribution in [-0.4, -0.2) is 30.1 Å². The summed E-state index contributed by atoms with van der Waals surface area (Å²) in [5.74, 6) is 2.00. The van der Waals surface area contributed by atoms with Crippen molar-refractivity contribution < 1.29 is 9.53 Å². The summed E-state index contributed by atoms with van der Waals surface area (Å²) in [6.45, 7) is 4.65. The Morgan fingerprint density at radius 3 is 2.00 bits per heavy atom. The van der Waals surface area contributed by atoms with Crippen molar-refractivity contribution in [2.75, 3.05) is 18.1 Å². The predicted octanol–water partition coefficient (Wildman–Crippen LogP) is 9.76. The van der Waals surface area contributed by atoms with Gasteiger partial charge in [-0.3, -0.25) is 0 Å². The molecule has 2 unspecified atom stereocenters. The van der Waals surface area contributed by atoms with Crippen LogP contribution < -0.4 is 0 Å². The first-order valence-corrected chi connectivity index (χ1v) is 15.2. The van der Waals surface area contributed by atoms with Gasteiger partial charge in [-0.25, -0.2) is 4.79 Å². The van der Waals surface area contributed by atoms with Gasteiger partial charge in [-0.05, 0) is 54.9 Å². The molecule has 35 heavy (non-hydrogen) atoms. The highest BCUT2D eigenvalue weighted by Gasteiger charge is 2.17. The molecular formula is C29H49N3O2S. The van der Waals surface area contributed by atoms with E-state index in [2.05, 4.69) is 16.9 Å². The Labute approximate surface area is 218 Å². The fourth-order valence-corrected chi connectivity index (χ4v) is 5.49. The van der Waals surface area contributed by atoms with Crippen molar-refractivity contribution in [2.24, 2.45) is 11.0 Å². The van der Waals surface area contributed by atoms with Crippen LogP contribution in [0.1, 0.15) is 121 Å². The minimum atomic E-state index is -0.296. The maximum absolute atomic E-state index is 12.3. The van der Waals surface area contributed by atoms with Gasteiger partial charge in [-0.15, -0.1) is 0 Å². The van der Waals surface area contributed by atoms with Gasteiger partial charge < -0.3 is 4.74 Å². The summed E-state index contributed by atoms with van der Waals surface area (Å²) in [4.78, 5) is 15.2. The zero-order valence-corrected chi connectivity index (χ0v) is 23.2. The quantitative estimate of drug-likeness (QED) is 0.0490. The third kappa shape index (κ3) is 18.3. The highest BCUT2D eigenvalue weighted by Crippen LogP contribution is 2.20. The zero-order chi connectivity index (χ0) is 25.4. The first-order valence-electron chi connectivity index (χ1n) is 14.0. The Morgan fingerprint density at radius 2 is 1.46 bits per heavy atom. The van der Waals surface area contributed by atoms with E-state index in [1.807, 2.05) is 36.9 Å². The van der Waals surface area contributed by atoms with Crippen LogP contribution in [-0.2, 0) is 4.74 Å². The van der Waals surface area contributed by atoms with Gasteiger partial charge in [0.2, 0.25) is 0 Å². The smallest absolute Gasteiger partial charge is 0.338 e. The van der Waals surface area contributed by atoms with Crippen LogP contribution in [0.25, 0.3) is 10.4 Å². The van der Waals surface area contributed by atoms with Gasteiger partial charge in [0, 0.05) is 11.5 Å². The van der Waals surface area contributed by atoms with E-state index in [0.29, 0.717) is 18.5 Å². The summed E-state index contributed by atoms with van der Waals surface area (Å²) in [7, 11) is 0. The molecule has 198 valence electrons. The van der Waals surface area contributed by atoms with Crippen molar-refractivity contribution in [3.05, 3.63) is 46.3 Å². The van der Waals surface area contributed by atoms with E-state index in [1.165, 1.54) is 89.9 Å². The Balaban J connectivity index is 2.05. The number of rotatable bonds is 23. The Morgan fingerprint density at radius 1 is 0.914 bits per heavy atom. The maximum atomic E-state index is 12.3. The third-order valence-corrected chi connectivity index (χ3v) is 7.67. The van der Waals surface area contributed by atoms with E-state index in [-0.39, 0.29) is 18.0 Å². The number of nitrogens with zero attached hydrogens (tertiary/aromatic N) is 3. The number of benzene rings is 1. The molecule has 0 radical (unpaired) electrons. The van der Waals surface area contributed by atoms with Crippen LogP contribution in [0, 0.1) is 5.92 Å². The van der Waals surface area contributed by atoms with Crippen molar-refractivity contribution in [1.82, 2.24) is 0 Å². The minimum Gasteiger partial charge on any atom is -0.459 e. The van der Waals surface area contributed by atoms with Crippen molar-refractivity contribution in [2.45, 2.75) is 116 Å². The normalized spacial score (nSPS) is 12.6. The molecule has 0 aliphatic rings. The highest BCUT2D eigenvalue weighted by atomic mass is 32.2. The minimum absolute atomic E-state index is 0.205. The first kappa shape index (κ1) is 31.4. The van der Waals surface area contributed by atoms with E-state index in [4.69, 9.17) is 10.3 Å². The summed E-state index contributed by atoms with van der Waals surface area (Å²) < 4.78 is 5.60. The van der Waals surface area contributed by atoms with E-state index < -0.39 is 0 Å². The number of esters is 1. The van der Waals surface area contributed by atoms with Crippen LogP contribution in [0.5, 0.6) is 0 Å². The Bertz CT molecular complexity index is 680. The topological polar surface area (TPSA) is 75.1 Å². The molecule has 0 amide bonds. The van der Waals surface area contributed by atoms with Crippen LogP contribution >= 0.6 is 11.8 Å². The van der Waals surface area contributed by atoms with Crippen molar-refractivity contribution in [3.63, 3.8) is 0 Å². The average molecular weight is 504 g/mol. The second kappa shape index (κ2) is 22.8. The van der Waals surface area contributed by atoms with Gasteiger partial charge in [0.15, 0.2) is 0 Å². The van der Waals surface area contributed by atoms with Gasteiger partial charge in [-0.1, -0.05) is 114 Å². The monoisotopic (exact) mass is 503 g/mol. The van der Waals surface area contributed by atoms with Crippen molar-refractivity contribution in [3.8, 4) is 0 Å². The molecule has 1 rings (SSSR count). The predicted molar refractivity (Wildman–Crippen MR) is 151 cm³/mol. The second-order valence-corrected chi connectivity index (χ2v) is 10.9. The highest BCUT2D eigenvalue weighted by molar-refractivity contribution is 7.99. The molecule has 0 fully saturated rings. The van der Waals surface area contributed by atoms with Gasteiger partial charge in [0.25, 0.3) is 0 Å². The maximum Gasteiger partial charge on any atom is 0.338 e. The molecule has 0 bridgehead atoms. The van der Waals surface area contributed by atoms with Crippen LogP contribution in [0.2, 0.25) is 0 Å². The molecule has 6 heteroatoms. The number of carbonyl (C=O) groups excluding carboxylic acids is 1. The molecule has 1 aromatic rings. The Kier molecular flexibility index (Phi) is 20.4. The van der Waals surface area contributed by atoms with E-state index in [1.54, 1.807) is 12.1 Å². The van der Waals surface area contributed by atoms with Gasteiger partial charge in [0.1, 0.15) is 0 Å². The van der Waals surface area contributed by atoms with Crippen LogP contribution in [0.4, 0.5) is 0 Å². The van der Waals surface area contributed by atoms with E-state index in [0.717, 1.165) is 11.5 Å². The molecule has 0 heterocycles. The zero-order valence-electron chi connectivity index (χ0n) is 22.3. The fraction of sp³-hybridized carbons (Fsp3) is 0.759. The molecule has 0 spiro atoms. The number of ether oxygens (including phenoxy) is 1. The van der Waals surface area contributed by atoms with E-state index >= 15 is 0 Å². The summed E-state index contributed by atoms with van der Waals surface area (Å²) in [5.41, 5.74) is 9.29. The lowest BCUT2D eigenvalue weighted by atomic mass is 10.0. The molecule has 0 aliphatic heterocycles. The van der Waals surface area contributed by atoms with Crippen molar-refractivity contribution in [1.29, 1.82) is 0 Å². The number of carbonyl (C=O) groups is 1. The van der Waals surface area contributed by atoms with E-state index in [9.17, 15) is 4.79 Å². The largest absolute Gasteiger partial charge is 0.459 e. The standard InChI is InChI=1S/C29H49N3O2S/c1-3-4-5-6-7-8-9-10-11-12-13-14-15-19-22-35-25-27(24-31-32-30)23-26(2)34-29(33)28-20-17-16-18-21-28/h16-18,20-21,26-27H,3-15,19,22-25H2,1-2H3. The summed E-state index contributed by atoms with van der Waals surface area (Å²) in [6, 6.07) is 9.07. The molecule has 0 N–H and O–H groups in total. The molecule has 0 aromatic heterocycles. The van der Waals surface area contributed by atoms with Crippen LogP contribution in [0.3, 0.4) is 0 Å². The molecule has 0 saturated carbocycles. The summed E-state index contributed by atoms with van der Waals surface area (Å²) >= 11 is 1.93. The summed E-state index contributed by atoms with van der Waals surface area (Å²) in [5, 5.41) is 3.78. The van der Waals surface area contributed by atoms with Gasteiger partial charge in [-0.2, -0.15) is 11.8 Å². The second-order valence-electron chi connectivity index (χ2n) is 9.77. The van der Waals surface area contributed by atoms with Gasteiger partial charge in [0.05, 0.1) is 11.7 Å². The fourth-order valence-electron chi connectivity index (χ4n) is 4.34. The SMILES string of the molecule is CCCCCCCCCCCCCCCCSCC(CN=[N+]=[N-])CC(C)OC(=O)c1ccccc1. The third-order valence-electron chi connectivity index (χ3n) is 6.38. The van der Waals surface area contributed by atoms with Gasteiger partial charge >= 0.3 is 5.97 Å². The molecule has 1 aromatic carbocycles. The number of hydrogen-bond donors (Lipinski definition) is 0. The molecule has 2 atom stereocenters.